The highest BCUT2D eigenvalue weighted by molar-refractivity contribution is 7.92. The summed E-state index contributed by atoms with van der Waals surface area (Å²) < 4.78 is 53.0. The zero-order valence-electron chi connectivity index (χ0n) is 22.0. The fourth-order valence-corrected chi connectivity index (χ4v) is 6.57. The minimum Gasteiger partial charge on any atom is -0.465 e. The van der Waals surface area contributed by atoms with Crippen molar-refractivity contribution in [3.63, 3.8) is 0 Å². The van der Waals surface area contributed by atoms with E-state index < -0.39 is 27.9 Å². The molecule has 10 nitrogen and oxygen atoms in total. The summed E-state index contributed by atoms with van der Waals surface area (Å²) >= 11 is 1.00. The Hall–Kier alpha value is -3.32. The highest BCUT2D eigenvalue weighted by atomic mass is 32.2. The Kier molecular flexibility index (Phi) is 8.50. The van der Waals surface area contributed by atoms with Gasteiger partial charge in [0.25, 0.3) is 5.19 Å². The molecule has 1 aromatic heterocycles. The first-order valence-corrected chi connectivity index (χ1v) is 15.2. The SMILES string of the molecule is COC(=O)c1cc(Oc2cnc(OC(=O)C(OC3CCCOC3)c3ccc(S(=O)(=O)C4CC4)cc3)s2)ccc1C. The van der Waals surface area contributed by atoms with Crippen molar-refractivity contribution in [2.24, 2.45) is 0 Å². The van der Waals surface area contributed by atoms with Crippen molar-refractivity contribution in [2.45, 2.75) is 55.0 Å². The number of aryl methyl sites for hydroxylation is 1. The van der Waals surface area contributed by atoms with Gasteiger partial charge in [0.2, 0.25) is 5.06 Å². The number of carbonyl (C=O) groups is 2. The molecule has 2 aliphatic rings. The van der Waals surface area contributed by atoms with Crippen molar-refractivity contribution >= 4 is 33.1 Å². The van der Waals surface area contributed by atoms with Gasteiger partial charge in [-0.25, -0.2) is 23.0 Å². The summed E-state index contributed by atoms with van der Waals surface area (Å²) in [6.07, 6.45) is 2.83. The summed E-state index contributed by atoms with van der Waals surface area (Å²) in [5, 5.41) is 0.0556. The van der Waals surface area contributed by atoms with Crippen molar-refractivity contribution in [3.8, 4) is 16.0 Å². The van der Waals surface area contributed by atoms with E-state index in [1.165, 1.54) is 25.4 Å². The molecule has 3 aromatic rings. The lowest BCUT2D eigenvalue weighted by Gasteiger charge is -2.26. The average Bonchev–Trinajstić information content (AvgIpc) is 3.75. The minimum atomic E-state index is -3.36. The van der Waals surface area contributed by atoms with Crippen LogP contribution in [0.15, 0.2) is 53.6 Å². The van der Waals surface area contributed by atoms with E-state index in [1.54, 1.807) is 37.3 Å². The second-order valence-corrected chi connectivity index (χ2v) is 12.8. The number of sulfone groups is 1. The fraction of sp³-hybridized carbons (Fsp3) is 0.393. The molecular weight excluding hydrogens is 558 g/mol. The first kappa shape index (κ1) is 28.2. The zero-order chi connectivity index (χ0) is 28.3. The van der Waals surface area contributed by atoms with Gasteiger partial charge >= 0.3 is 11.9 Å². The maximum Gasteiger partial charge on any atom is 0.347 e. The minimum absolute atomic E-state index is 0.0433. The van der Waals surface area contributed by atoms with Crippen LogP contribution in [-0.2, 0) is 28.8 Å². The number of carbonyl (C=O) groups excluding carboxylic acids is 2. The summed E-state index contributed by atoms with van der Waals surface area (Å²) in [4.78, 5) is 29.7. The molecule has 0 bridgehead atoms. The Bertz CT molecular complexity index is 1470. The number of rotatable bonds is 10. The van der Waals surface area contributed by atoms with E-state index >= 15 is 0 Å². The molecule has 0 N–H and O–H groups in total. The van der Waals surface area contributed by atoms with Crippen molar-refractivity contribution in [1.29, 1.82) is 0 Å². The van der Waals surface area contributed by atoms with Gasteiger partial charge < -0.3 is 23.7 Å². The molecule has 40 heavy (non-hydrogen) atoms. The van der Waals surface area contributed by atoms with Gasteiger partial charge in [-0.2, -0.15) is 0 Å². The predicted octanol–water partition coefficient (Wildman–Crippen LogP) is 4.81. The van der Waals surface area contributed by atoms with Crippen LogP contribution < -0.4 is 9.47 Å². The zero-order valence-corrected chi connectivity index (χ0v) is 23.7. The van der Waals surface area contributed by atoms with Gasteiger partial charge in [0.05, 0.1) is 41.7 Å². The largest absolute Gasteiger partial charge is 0.465 e. The molecule has 2 aromatic carbocycles. The third kappa shape index (κ3) is 6.52. The number of thiazole rings is 1. The van der Waals surface area contributed by atoms with Crippen molar-refractivity contribution in [1.82, 2.24) is 4.98 Å². The monoisotopic (exact) mass is 587 g/mol. The Morgan fingerprint density at radius 2 is 1.88 bits per heavy atom. The second kappa shape index (κ2) is 12.0. The molecule has 2 atom stereocenters. The number of esters is 2. The van der Waals surface area contributed by atoms with E-state index in [-0.39, 0.29) is 21.4 Å². The van der Waals surface area contributed by atoms with Crippen LogP contribution in [-0.4, -0.2) is 57.0 Å². The van der Waals surface area contributed by atoms with Crippen LogP contribution in [0.2, 0.25) is 0 Å². The molecule has 0 spiro atoms. The molecule has 1 saturated carbocycles. The van der Waals surface area contributed by atoms with E-state index in [9.17, 15) is 18.0 Å². The maximum atomic E-state index is 13.3. The molecule has 5 rings (SSSR count). The second-order valence-electron chi connectivity index (χ2n) is 9.61. The number of methoxy groups -OCH3 is 1. The lowest BCUT2D eigenvalue weighted by atomic mass is 10.1. The highest BCUT2D eigenvalue weighted by Gasteiger charge is 2.37. The number of nitrogens with zero attached hydrogens (tertiary/aromatic N) is 1. The Morgan fingerprint density at radius 1 is 1.10 bits per heavy atom. The average molecular weight is 588 g/mol. The van der Waals surface area contributed by atoms with Crippen molar-refractivity contribution < 1.29 is 41.7 Å². The quantitative estimate of drug-likeness (QED) is 0.305. The van der Waals surface area contributed by atoms with Gasteiger partial charge in [0.15, 0.2) is 15.9 Å². The highest BCUT2D eigenvalue weighted by Crippen LogP contribution is 2.36. The summed E-state index contributed by atoms with van der Waals surface area (Å²) in [7, 11) is -2.06. The van der Waals surface area contributed by atoms with Crippen LogP contribution >= 0.6 is 11.3 Å². The first-order chi connectivity index (χ1) is 19.2. The maximum absolute atomic E-state index is 13.3. The molecule has 0 radical (unpaired) electrons. The van der Waals surface area contributed by atoms with Gasteiger partial charge in [0, 0.05) is 6.61 Å². The third-order valence-electron chi connectivity index (χ3n) is 6.62. The smallest absolute Gasteiger partial charge is 0.347 e. The van der Waals surface area contributed by atoms with E-state index in [0.29, 0.717) is 48.0 Å². The number of benzene rings is 2. The molecule has 2 heterocycles. The Morgan fingerprint density at radius 3 is 2.55 bits per heavy atom. The van der Waals surface area contributed by atoms with Crippen LogP contribution in [0, 0.1) is 6.92 Å². The molecule has 2 fully saturated rings. The first-order valence-electron chi connectivity index (χ1n) is 12.9. The number of aromatic nitrogens is 1. The van der Waals surface area contributed by atoms with Gasteiger partial charge in [-0.05, 0) is 79.3 Å². The molecule has 1 saturated heterocycles. The summed E-state index contributed by atoms with van der Waals surface area (Å²) in [5.74, 6) is -0.783. The summed E-state index contributed by atoms with van der Waals surface area (Å²) in [6.45, 7) is 2.77. The third-order valence-corrected chi connectivity index (χ3v) is 9.65. The van der Waals surface area contributed by atoms with Crippen LogP contribution in [0.1, 0.15) is 53.3 Å². The predicted molar refractivity (Wildman–Crippen MR) is 145 cm³/mol. The van der Waals surface area contributed by atoms with Crippen molar-refractivity contribution in [2.75, 3.05) is 20.3 Å². The Labute approximate surface area is 236 Å². The van der Waals surface area contributed by atoms with Crippen LogP contribution in [0.5, 0.6) is 16.0 Å². The molecular formula is C28H29NO9S2. The van der Waals surface area contributed by atoms with Gasteiger partial charge in [-0.3, -0.25) is 0 Å². The lowest BCUT2D eigenvalue weighted by Crippen LogP contribution is -2.31. The van der Waals surface area contributed by atoms with Gasteiger partial charge in [-0.1, -0.05) is 18.2 Å². The number of hydrogen-bond acceptors (Lipinski definition) is 11. The van der Waals surface area contributed by atoms with Gasteiger partial charge in [0.1, 0.15) is 5.75 Å². The lowest BCUT2D eigenvalue weighted by molar-refractivity contribution is -0.157. The number of hydrogen-bond donors (Lipinski definition) is 0. The Balaban J connectivity index is 1.31. The summed E-state index contributed by atoms with van der Waals surface area (Å²) in [5.41, 5.74) is 1.58. The standard InChI is InChI=1S/C28H29NO9S2/c1-17-5-8-19(14-23(17)26(30)34-2)36-24-15-29-28(39-24)38-27(31)25(37-20-4-3-13-35-16-20)18-6-9-21(10-7-18)40(32,33)22-11-12-22/h5-10,14-15,20,22,25H,3-4,11-13,16H2,1-2H3. The molecule has 1 aliphatic carbocycles. The topological polar surface area (TPSA) is 127 Å². The molecule has 12 heteroatoms. The van der Waals surface area contributed by atoms with Crippen LogP contribution in [0.25, 0.3) is 0 Å². The van der Waals surface area contributed by atoms with Gasteiger partial charge in [-0.15, -0.1) is 0 Å². The fourth-order valence-electron chi connectivity index (χ4n) is 4.27. The van der Waals surface area contributed by atoms with Crippen LogP contribution in [0.3, 0.4) is 0 Å². The van der Waals surface area contributed by atoms with E-state index in [1.807, 2.05) is 0 Å². The molecule has 1 aliphatic heterocycles. The molecule has 0 amide bonds. The van der Waals surface area contributed by atoms with E-state index in [4.69, 9.17) is 23.7 Å². The molecule has 212 valence electrons. The molecule has 2 unspecified atom stereocenters. The van der Waals surface area contributed by atoms with Crippen LogP contribution in [0.4, 0.5) is 0 Å². The number of ether oxygens (including phenoxy) is 5. The van der Waals surface area contributed by atoms with E-state index in [0.717, 1.165) is 29.7 Å². The normalized spacial score (nSPS) is 18.1. The summed E-state index contributed by atoms with van der Waals surface area (Å²) in [6, 6.07) is 11.2. The van der Waals surface area contributed by atoms with Crippen molar-refractivity contribution in [3.05, 3.63) is 65.4 Å². The van der Waals surface area contributed by atoms with E-state index in [2.05, 4.69) is 4.98 Å².